The molecule has 2 heterocycles. The molecule has 0 saturated heterocycles. The zero-order valence-corrected chi connectivity index (χ0v) is 20.7. The van der Waals surface area contributed by atoms with E-state index in [1.807, 2.05) is 59.3 Å². The van der Waals surface area contributed by atoms with Crippen molar-refractivity contribution >= 4 is 23.5 Å². The van der Waals surface area contributed by atoms with Crippen LogP contribution >= 0.6 is 11.8 Å². The third-order valence-electron chi connectivity index (χ3n) is 6.17. The second-order valence-electron chi connectivity index (χ2n) is 9.72. The number of anilines is 1. The minimum absolute atomic E-state index is 0.0872. The van der Waals surface area contributed by atoms with Crippen molar-refractivity contribution in [2.45, 2.75) is 57.8 Å². The minimum atomic E-state index is -0.321. The van der Waals surface area contributed by atoms with E-state index < -0.39 is 0 Å². The topological polar surface area (TPSA) is 69.0 Å². The van der Waals surface area contributed by atoms with E-state index in [1.54, 1.807) is 11.8 Å². The van der Waals surface area contributed by atoms with Gasteiger partial charge in [-0.25, -0.2) is 4.68 Å². The lowest BCUT2D eigenvalue weighted by Gasteiger charge is -2.38. The van der Waals surface area contributed by atoms with Crippen molar-refractivity contribution in [1.29, 1.82) is 0 Å². The average Bonchev–Trinajstić information content (AvgIpc) is 3.22. The molecule has 7 heteroatoms. The molecule has 0 saturated carbocycles. The van der Waals surface area contributed by atoms with E-state index in [4.69, 9.17) is 14.8 Å². The van der Waals surface area contributed by atoms with E-state index in [9.17, 15) is 4.79 Å². The Hall–Kier alpha value is -3.06. The predicted octanol–water partition coefficient (Wildman–Crippen LogP) is 6.02. The van der Waals surface area contributed by atoms with Gasteiger partial charge in [-0.05, 0) is 41.5 Å². The molecule has 0 amide bonds. The molecule has 176 valence electrons. The minimum Gasteiger partial charge on any atom is -0.489 e. The van der Waals surface area contributed by atoms with Gasteiger partial charge in [0, 0.05) is 23.4 Å². The summed E-state index contributed by atoms with van der Waals surface area (Å²) in [6.07, 6.45) is 2.38. The van der Waals surface area contributed by atoms with Crippen LogP contribution < -0.4 is 10.1 Å². The number of allylic oxidation sites excluding steroid dienone is 2. The first kappa shape index (κ1) is 22.7. The Morgan fingerprint density at radius 1 is 1.15 bits per heavy atom. The maximum atomic E-state index is 13.4. The highest BCUT2D eigenvalue weighted by Crippen LogP contribution is 2.46. The summed E-state index contributed by atoms with van der Waals surface area (Å²) in [7, 11) is 0. The zero-order valence-electron chi connectivity index (χ0n) is 19.9. The fourth-order valence-corrected chi connectivity index (χ4v) is 5.35. The van der Waals surface area contributed by atoms with E-state index in [0.717, 1.165) is 51.9 Å². The lowest BCUT2D eigenvalue weighted by Crippen LogP contribution is -2.36. The molecule has 34 heavy (non-hydrogen) atoms. The van der Waals surface area contributed by atoms with Gasteiger partial charge in [-0.15, -0.1) is 5.10 Å². The van der Waals surface area contributed by atoms with E-state index in [-0.39, 0.29) is 17.2 Å². The molecule has 0 spiro atoms. The van der Waals surface area contributed by atoms with Crippen LogP contribution in [-0.4, -0.2) is 26.3 Å². The molecular formula is C27H30N4O2S. The number of aromatic nitrogens is 3. The Bertz CT molecular complexity index is 1230. The standard InChI is InChI=1S/C27H30N4O2S/c1-4-13-34-26-29-25-28-21-15-27(2,3)16-22(32)23(21)24(31(25)30-26)19-11-8-12-20(14-19)33-17-18-9-6-5-7-10-18/h5-12,14,24H,4,13,15-17H2,1-3H3,(H,28,29,30). The molecular weight excluding hydrogens is 444 g/mol. The number of carbonyl (C=O) groups excluding carboxylic acids is 1. The fourth-order valence-electron chi connectivity index (χ4n) is 4.67. The maximum Gasteiger partial charge on any atom is 0.227 e. The van der Waals surface area contributed by atoms with Crippen molar-refractivity contribution in [2.24, 2.45) is 5.41 Å². The summed E-state index contributed by atoms with van der Waals surface area (Å²) in [6, 6.07) is 17.8. The van der Waals surface area contributed by atoms with Crippen LogP contribution in [-0.2, 0) is 11.4 Å². The number of hydrogen-bond donors (Lipinski definition) is 1. The Kier molecular flexibility index (Phi) is 6.21. The Morgan fingerprint density at radius 2 is 1.97 bits per heavy atom. The molecule has 1 N–H and O–H groups in total. The van der Waals surface area contributed by atoms with E-state index in [2.05, 4.69) is 26.1 Å². The van der Waals surface area contributed by atoms with Crippen molar-refractivity contribution in [3.63, 3.8) is 0 Å². The molecule has 1 aromatic heterocycles. The Morgan fingerprint density at radius 3 is 2.76 bits per heavy atom. The quantitative estimate of drug-likeness (QED) is 0.423. The second kappa shape index (κ2) is 9.29. The highest BCUT2D eigenvalue weighted by Gasteiger charge is 2.42. The van der Waals surface area contributed by atoms with Crippen molar-refractivity contribution in [1.82, 2.24) is 14.8 Å². The summed E-state index contributed by atoms with van der Waals surface area (Å²) >= 11 is 1.64. The van der Waals surface area contributed by atoms with Crippen LogP contribution in [0.4, 0.5) is 5.95 Å². The molecule has 5 rings (SSSR count). The fraction of sp³-hybridized carbons (Fsp3) is 0.370. The normalized spacial score (nSPS) is 18.8. The summed E-state index contributed by atoms with van der Waals surface area (Å²) in [5.41, 5.74) is 3.76. The van der Waals surface area contributed by atoms with Crippen LogP contribution in [0.3, 0.4) is 0 Å². The predicted molar refractivity (Wildman–Crippen MR) is 135 cm³/mol. The number of nitrogens with one attached hydrogen (secondary N) is 1. The summed E-state index contributed by atoms with van der Waals surface area (Å²) in [5, 5.41) is 8.99. The van der Waals surface area contributed by atoms with Crippen LogP contribution in [0.25, 0.3) is 0 Å². The lowest BCUT2D eigenvalue weighted by atomic mass is 9.73. The van der Waals surface area contributed by atoms with Gasteiger partial charge in [0.2, 0.25) is 11.1 Å². The monoisotopic (exact) mass is 474 g/mol. The van der Waals surface area contributed by atoms with Crippen LogP contribution in [0.1, 0.15) is 57.2 Å². The summed E-state index contributed by atoms with van der Waals surface area (Å²) in [5.74, 6) is 2.59. The van der Waals surface area contributed by atoms with Crippen molar-refractivity contribution in [3.8, 4) is 5.75 Å². The van der Waals surface area contributed by atoms with Crippen LogP contribution in [0.15, 0.2) is 71.0 Å². The Balaban J connectivity index is 1.52. The van der Waals surface area contributed by atoms with Gasteiger partial charge in [-0.1, -0.05) is 75.0 Å². The first-order chi connectivity index (χ1) is 16.4. The molecule has 0 fully saturated rings. The Labute approximate surface area is 204 Å². The molecule has 2 aliphatic rings. The van der Waals surface area contributed by atoms with Gasteiger partial charge in [0.05, 0.1) is 0 Å². The third kappa shape index (κ3) is 4.62. The van der Waals surface area contributed by atoms with Gasteiger partial charge in [-0.3, -0.25) is 4.79 Å². The van der Waals surface area contributed by atoms with Gasteiger partial charge < -0.3 is 10.1 Å². The smallest absolute Gasteiger partial charge is 0.227 e. The van der Waals surface area contributed by atoms with E-state index in [0.29, 0.717) is 19.0 Å². The van der Waals surface area contributed by atoms with Gasteiger partial charge in [0.1, 0.15) is 18.4 Å². The molecule has 0 bridgehead atoms. The van der Waals surface area contributed by atoms with Gasteiger partial charge in [0.25, 0.3) is 0 Å². The van der Waals surface area contributed by atoms with Crippen LogP contribution in [0.5, 0.6) is 5.75 Å². The van der Waals surface area contributed by atoms with Crippen LogP contribution in [0, 0.1) is 5.41 Å². The van der Waals surface area contributed by atoms with Gasteiger partial charge in [0.15, 0.2) is 5.78 Å². The number of ether oxygens (including phenoxy) is 1. The summed E-state index contributed by atoms with van der Waals surface area (Å²) in [4.78, 5) is 18.2. The van der Waals surface area contributed by atoms with E-state index in [1.165, 1.54) is 0 Å². The number of ketones is 1. The molecule has 3 aromatic rings. The molecule has 6 nitrogen and oxygen atoms in total. The first-order valence-corrected chi connectivity index (χ1v) is 12.8. The highest BCUT2D eigenvalue weighted by atomic mass is 32.2. The van der Waals surface area contributed by atoms with Crippen molar-refractivity contribution < 1.29 is 9.53 Å². The molecule has 1 aliphatic heterocycles. The van der Waals surface area contributed by atoms with Gasteiger partial charge >= 0.3 is 0 Å². The van der Waals surface area contributed by atoms with Crippen molar-refractivity contribution in [3.05, 3.63) is 77.0 Å². The molecule has 2 aromatic carbocycles. The zero-order chi connectivity index (χ0) is 23.7. The van der Waals surface area contributed by atoms with Crippen LogP contribution in [0.2, 0.25) is 0 Å². The largest absolute Gasteiger partial charge is 0.489 e. The third-order valence-corrected chi connectivity index (χ3v) is 7.21. The number of benzene rings is 2. The average molecular weight is 475 g/mol. The second-order valence-corrected chi connectivity index (χ2v) is 10.8. The molecule has 0 radical (unpaired) electrons. The summed E-state index contributed by atoms with van der Waals surface area (Å²) in [6.45, 7) is 6.92. The lowest BCUT2D eigenvalue weighted by molar-refractivity contribution is -0.118. The van der Waals surface area contributed by atoms with Crippen molar-refractivity contribution in [2.75, 3.05) is 11.1 Å². The number of rotatable bonds is 7. The first-order valence-electron chi connectivity index (χ1n) is 11.8. The van der Waals surface area contributed by atoms with E-state index >= 15 is 0 Å². The number of thioether (sulfide) groups is 1. The van der Waals surface area contributed by atoms with Gasteiger partial charge in [-0.2, -0.15) is 4.98 Å². The number of nitrogens with zero attached hydrogens (tertiary/aromatic N) is 3. The highest BCUT2D eigenvalue weighted by molar-refractivity contribution is 7.99. The molecule has 1 atom stereocenters. The molecule has 1 unspecified atom stereocenters. The number of hydrogen-bond acceptors (Lipinski definition) is 6. The summed E-state index contributed by atoms with van der Waals surface area (Å²) < 4.78 is 7.98. The molecule has 1 aliphatic carbocycles. The number of carbonyl (C=O) groups is 1. The maximum absolute atomic E-state index is 13.4. The SMILES string of the molecule is CCCSc1nc2n(n1)C(c1cccc(OCc3ccccc3)c1)C1=C(CC(C)(C)CC1=O)N2. The number of Topliss-reactive ketones (excluding diaryl/α,β-unsaturated/α-hetero) is 1. The number of fused-ring (bicyclic) bond motifs is 1.